The lowest BCUT2D eigenvalue weighted by Gasteiger charge is -2.35. The second-order valence-electron chi connectivity index (χ2n) is 6.20. The summed E-state index contributed by atoms with van der Waals surface area (Å²) in [6.45, 7) is 2.23. The Bertz CT molecular complexity index is 618. The summed E-state index contributed by atoms with van der Waals surface area (Å²) >= 11 is 3.59. The van der Waals surface area contributed by atoms with Crippen LogP contribution in [0.2, 0.25) is 0 Å². The summed E-state index contributed by atoms with van der Waals surface area (Å²) in [6.07, 6.45) is 6.25. The number of ketones is 1. The molecule has 0 fully saturated rings. The van der Waals surface area contributed by atoms with E-state index in [1.807, 2.05) is 6.07 Å². The Balaban J connectivity index is 2.12. The third kappa shape index (κ3) is 2.36. The maximum atomic E-state index is 12.2. The predicted octanol–water partition coefficient (Wildman–Crippen LogP) is 4.90. The molecule has 0 radical (unpaired) electrons. The highest BCUT2D eigenvalue weighted by Gasteiger charge is 2.46. The van der Waals surface area contributed by atoms with Crippen molar-refractivity contribution in [3.63, 3.8) is 0 Å². The molecule has 2 aliphatic carbocycles. The molecule has 0 saturated heterocycles. The molecule has 3 rings (SSSR count). The summed E-state index contributed by atoms with van der Waals surface area (Å²) < 4.78 is 6.17. The van der Waals surface area contributed by atoms with Gasteiger partial charge in [-0.2, -0.15) is 0 Å². The van der Waals surface area contributed by atoms with Crippen LogP contribution in [0.5, 0.6) is 5.75 Å². The molecule has 1 atom stereocenters. The Morgan fingerprint density at radius 1 is 1.38 bits per heavy atom. The fourth-order valence-corrected chi connectivity index (χ4v) is 4.68. The van der Waals surface area contributed by atoms with Gasteiger partial charge in [-0.15, -0.1) is 0 Å². The van der Waals surface area contributed by atoms with E-state index in [0.717, 1.165) is 29.5 Å². The van der Waals surface area contributed by atoms with Gasteiger partial charge in [-0.25, -0.2) is 0 Å². The van der Waals surface area contributed by atoms with Gasteiger partial charge in [0.2, 0.25) is 0 Å². The van der Waals surface area contributed by atoms with Crippen molar-refractivity contribution in [2.75, 3.05) is 7.11 Å². The Morgan fingerprint density at radius 3 is 2.90 bits per heavy atom. The first kappa shape index (κ1) is 14.8. The lowest BCUT2D eigenvalue weighted by Crippen LogP contribution is -2.27. The number of carbonyl (C=O) groups excluding carboxylic acids is 1. The number of halogens is 1. The van der Waals surface area contributed by atoms with Crippen molar-refractivity contribution in [2.24, 2.45) is 5.41 Å². The zero-order valence-electron chi connectivity index (χ0n) is 12.7. The molecule has 0 bridgehead atoms. The monoisotopic (exact) mass is 348 g/mol. The number of unbranched alkanes of at least 4 members (excludes halogenated alkanes) is 1. The van der Waals surface area contributed by atoms with Gasteiger partial charge in [0.15, 0.2) is 5.78 Å². The van der Waals surface area contributed by atoms with Crippen molar-refractivity contribution in [2.45, 2.75) is 45.4 Å². The predicted molar refractivity (Wildman–Crippen MR) is 88.7 cm³/mol. The van der Waals surface area contributed by atoms with Gasteiger partial charge in [-0.05, 0) is 64.0 Å². The molecule has 1 aromatic rings. The van der Waals surface area contributed by atoms with Gasteiger partial charge in [-0.1, -0.05) is 25.8 Å². The number of carbonyl (C=O) groups is 1. The van der Waals surface area contributed by atoms with Crippen molar-refractivity contribution >= 4 is 27.3 Å². The number of benzene rings is 1. The summed E-state index contributed by atoms with van der Waals surface area (Å²) in [5.41, 5.74) is 3.97. The number of hydrogen-bond acceptors (Lipinski definition) is 2. The van der Waals surface area contributed by atoms with E-state index < -0.39 is 0 Å². The normalized spacial score (nSPS) is 24.0. The first-order chi connectivity index (χ1) is 10.1. The lowest BCUT2D eigenvalue weighted by atomic mass is 9.69. The van der Waals surface area contributed by atoms with Crippen LogP contribution in [-0.4, -0.2) is 12.9 Å². The zero-order chi connectivity index (χ0) is 15.0. The average molecular weight is 349 g/mol. The highest BCUT2D eigenvalue weighted by atomic mass is 79.9. The molecule has 0 amide bonds. The minimum Gasteiger partial charge on any atom is -0.497 e. The minimum atomic E-state index is 0.150. The quantitative estimate of drug-likeness (QED) is 0.773. The molecule has 0 saturated carbocycles. The van der Waals surface area contributed by atoms with Crippen molar-refractivity contribution in [3.8, 4) is 5.75 Å². The minimum absolute atomic E-state index is 0.150. The Labute approximate surface area is 134 Å². The van der Waals surface area contributed by atoms with E-state index in [4.69, 9.17) is 4.74 Å². The van der Waals surface area contributed by atoms with Gasteiger partial charge < -0.3 is 4.74 Å². The Hall–Kier alpha value is -1.09. The first-order valence-electron chi connectivity index (χ1n) is 7.72. The molecular weight excluding hydrogens is 328 g/mol. The number of methoxy groups -OCH3 is 1. The molecule has 21 heavy (non-hydrogen) atoms. The standard InChI is InChI=1S/C18H21BrO2/c1-3-4-8-18-9-7-15(20)17(19)16(18)14-6-5-13(21-2)10-12(14)11-18/h5-6,10H,3-4,7-9,11H2,1-2H3. The van der Waals surface area contributed by atoms with E-state index in [0.29, 0.717) is 6.42 Å². The fraction of sp³-hybridized carbons (Fsp3) is 0.500. The van der Waals surface area contributed by atoms with E-state index >= 15 is 0 Å². The Kier molecular flexibility index (Phi) is 3.96. The second kappa shape index (κ2) is 5.60. The number of fused-ring (bicyclic) bond motifs is 3. The molecule has 0 heterocycles. The fourth-order valence-electron chi connectivity index (χ4n) is 3.85. The molecule has 112 valence electrons. The van der Waals surface area contributed by atoms with Crippen LogP contribution in [0.4, 0.5) is 0 Å². The van der Waals surface area contributed by atoms with E-state index in [1.165, 1.54) is 29.5 Å². The molecule has 0 N–H and O–H groups in total. The molecular formula is C18H21BrO2. The van der Waals surface area contributed by atoms with Crippen LogP contribution in [0.15, 0.2) is 22.7 Å². The molecule has 3 heteroatoms. The topological polar surface area (TPSA) is 26.3 Å². The van der Waals surface area contributed by atoms with Crippen molar-refractivity contribution in [1.82, 2.24) is 0 Å². The number of hydrogen-bond donors (Lipinski definition) is 0. The van der Waals surface area contributed by atoms with E-state index in [2.05, 4.69) is 35.0 Å². The third-order valence-electron chi connectivity index (χ3n) is 4.94. The highest BCUT2D eigenvalue weighted by molar-refractivity contribution is 9.12. The van der Waals surface area contributed by atoms with Gasteiger partial charge in [0.05, 0.1) is 11.6 Å². The van der Waals surface area contributed by atoms with E-state index in [-0.39, 0.29) is 11.2 Å². The van der Waals surface area contributed by atoms with Crippen LogP contribution in [0.25, 0.3) is 5.57 Å². The molecule has 1 aromatic carbocycles. The molecule has 0 spiro atoms. The smallest absolute Gasteiger partial charge is 0.170 e. The average Bonchev–Trinajstić information content (AvgIpc) is 2.83. The molecule has 2 aliphatic rings. The molecule has 0 aromatic heterocycles. The third-order valence-corrected chi connectivity index (χ3v) is 5.78. The van der Waals surface area contributed by atoms with Crippen LogP contribution in [-0.2, 0) is 11.2 Å². The Morgan fingerprint density at radius 2 is 2.19 bits per heavy atom. The van der Waals surface area contributed by atoms with Gasteiger partial charge >= 0.3 is 0 Å². The SMILES string of the molecule is CCCCC12CCC(=O)C(Br)=C1c1ccc(OC)cc1C2. The van der Waals surface area contributed by atoms with Gasteiger partial charge in [0, 0.05) is 11.8 Å². The maximum absolute atomic E-state index is 12.2. The van der Waals surface area contributed by atoms with Gasteiger partial charge in [0.25, 0.3) is 0 Å². The highest BCUT2D eigenvalue weighted by Crippen LogP contribution is 2.57. The van der Waals surface area contributed by atoms with Crippen molar-refractivity contribution < 1.29 is 9.53 Å². The largest absolute Gasteiger partial charge is 0.497 e. The van der Waals surface area contributed by atoms with Crippen LogP contribution < -0.4 is 4.74 Å². The molecule has 0 aliphatic heterocycles. The number of rotatable bonds is 4. The first-order valence-corrected chi connectivity index (χ1v) is 8.51. The summed E-state index contributed by atoms with van der Waals surface area (Å²) in [5.74, 6) is 1.15. The number of Topliss-reactive ketones (excluding diaryl/α,β-unsaturated/α-hetero) is 1. The van der Waals surface area contributed by atoms with E-state index in [9.17, 15) is 4.79 Å². The molecule has 1 unspecified atom stereocenters. The maximum Gasteiger partial charge on any atom is 0.170 e. The van der Waals surface area contributed by atoms with Gasteiger partial charge in [-0.3, -0.25) is 4.79 Å². The lowest BCUT2D eigenvalue weighted by molar-refractivity contribution is -0.115. The summed E-state index contributed by atoms with van der Waals surface area (Å²) in [6, 6.07) is 6.26. The van der Waals surface area contributed by atoms with Crippen LogP contribution in [0, 0.1) is 5.41 Å². The van der Waals surface area contributed by atoms with Crippen LogP contribution in [0.1, 0.15) is 50.2 Å². The van der Waals surface area contributed by atoms with Crippen LogP contribution in [0.3, 0.4) is 0 Å². The molecule has 2 nitrogen and oxygen atoms in total. The summed E-state index contributed by atoms with van der Waals surface area (Å²) in [4.78, 5) is 12.2. The van der Waals surface area contributed by atoms with Crippen molar-refractivity contribution in [1.29, 1.82) is 0 Å². The number of ether oxygens (including phenoxy) is 1. The van der Waals surface area contributed by atoms with Gasteiger partial charge in [0.1, 0.15) is 5.75 Å². The van der Waals surface area contributed by atoms with E-state index in [1.54, 1.807) is 7.11 Å². The summed E-state index contributed by atoms with van der Waals surface area (Å²) in [7, 11) is 1.70. The number of allylic oxidation sites excluding steroid dienone is 2. The zero-order valence-corrected chi connectivity index (χ0v) is 14.3. The summed E-state index contributed by atoms with van der Waals surface area (Å²) in [5, 5.41) is 0. The van der Waals surface area contributed by atoms with Crippen molar-refractivity contribution in [3.05, 3.63) is 33.8 Å². The second-order valence-corrected chi connectivity index (χ2v) is 6.99. The van der Waals surface area contributed by atoms with Crippen LogP contribution >= 0.6 is 15.9 Å².